The number of thioether (sulfide) groups is 1. The van der Waals surface area contributed by atoms with Crippen molar-refractivity contribution < 1.29 is 4.74 Å². The van der Waals surface area contributed by atoms with E-state index in [0.29, 0.717) is 0 Å². The van der Waals surface area contributed by atoms with Crippen LogP contribution in [-0.4, -0.2) is 12.9 Å². The predicted molar refractivity (Wildman–Crippen MR) is 82.8 cm³/mol. The van der Waals surface area contributed by atoms with Gasteiger partial charge in [0.1, 0.15) is 5.75 Å². The van der Waals surface area contributed by atoms with Crippen LogP contribution in [0, 0.1) is 0 Å². The number of hydrogen-bond donors (Lipinski definition) is 0. The normalized spacial score (nSPS) is 11.6. The zero-order chi connectivity index (χ0) is 13.6. The zero-order valence-electron chi connectivity index (χ0n) is 12.4. The van der Waals surface area contributed by atoms with Crippen LogP contribution in [0.2, 0.25) is 0 Å². The minimum absolute atomic E-state index is 0.138. The number of rotatable bonds is 6. The van der Waals surface area contributed by atoms with E-state index in [1.165, 1.54) is 17.5 Å². The van der Waals surface area contributed by atoms with Gasteiger partial charge in [-0.3, -0.25) is 0 Å². The molecule has 1 aromatic carbocycles. The molecule has 0 unspecified atom stereocenters. The van der Waals surface area contributed by atoms with Crippen LogP contribution in [0.15, 0.2) is 18.2 Å². The van der Waals surface area contributed by atoms with Gasteiger partial charge in [-0.2, -0.15) is 11.8 Å². The van der Waals surface area contributed by atoms with E-state index >= 15 is 0 Å². The van der Waals surface area contributed by atoms with Crippen molar-refractivity contribution in [3.05, 3.63) is 29.3 Å². The Bertz CT molecular complexity index is 366. The molecule has 0 saturated carbocycles. The van der Waals surface area contributed by atoms with E-state index in [0.717, 1.165) is 24.5 Å². The van der Waals surface area contributed by atoms with Crippen LogP contribution in [0.1, 0.15) is 51.7 Å². The Hall–Kier alpha value is -0.630. The van der Waals surface area contributed by atoms with Crippen LogP contribution >= 0.6 is 11.8 Å². The number of ether oxygens (including phenoxy) is 1. The summed E-state index contributed by atoms with van der Waals surface area (Å²) in [6.45, 7) is 9.73. The maximum atomic E-state index is 5.98. The van der Waals surface area contributed by atoms with Gasteiger partial charge in [-0.1, -0.05) is 46.2 Å². The standard InChI is InChI=1S/C16H26OS/c1-6-7-10-17-15-11-13(12-18-5)8-9-14(15)16(2,3)4/h8-9,11H,6-7,10,12H2,1-5H3. The van der Waals surface area contributed by atoms with E-state index in [2.05, 4.69) is 52.1 Å². The summed E-state index contributed by atoms with van der Waals surface area (Å²) in [5, 5.41) is 0. The third-order valence-corrected chi connectivity index (χ3v) is 3.54. The first-order chi connectivity index (χ1) is 8.49. The van der Waals surface area contributed by atoms with Crippen LogP contribution in [0.25, 0.3) is 0 Å². The maximum Gasteiger partial charge on any atom is 0.123 e. The van der Waals surface area contributed by atoms with Crippen molar-refractivity contribution in [3.8, 4) is 5.75 Å². The molecule has 0 aromatic heterocycles. The van der Waals surface area contributed by atoms with Gasteiger partial charge >= 0.3 is 0 Å². The molecule has 2 heteroatoms. The molecule has 1 nitrogen and oxygen atoms in total. The quantitative estimate of drug-likeness (QED) is 0.668. The minimum atomic E-state index is 0.138. The molecular weight excluding hydrogens is 240 g/mol. The fraction of sp³-hybridized carbons (Fsp3) is 0.625. The van der Waals surface area contributed by atoms with Gasteiger partial charge in [0.2, 0.25) is 0 Å². The molecule has 0 saturated heterocycles. The number of hydrogen-bond acceptors (Lipinski definition) is 2. The second-order valence-electron chi connectivity index (χ2n) is 5.72. The van der Waals surface area contributed by atoms with Crippen molar-refractivity contribution in [3.63, 3.8) is 0 Å². The molecule has 0 fully saturated rings. The molecule has 0 aliphatic carbocycles. The minimum Gasteiger partial charge on any atom is -0.493 e. The topological polar surface area (TPSA) is 9.23 Å². The van der Waals surface area contributed by atoms with Gasteiger partial charge in [0.25, 0.3) is 0 Å². The smallest absolute Gasteiger partial charge is 0.123 e. The molecular formula is C16H26OS. The number of unbranched alkanes of at least 4 members (excludes halogenated alkanes) is 1. The van der Waals surface area contributed by atoms with E-state index in [1.807, 2.05) is 11.8 Å². The second-order valence-corrected chi connectivity index (χ2v) is 6.58. The largest absolute Gasteiger partial charge is 0.493 e. The molecule has 0 aliphatic rings. The summed E-state index contributed by atoms with van der Waals surface area (Å²) >= 11 is 1.85. The summed E-state index contributed by atoms with van der Waals surface area (Å²) in [5.41, 5.74) is 2.80. The highest BCUT2D eigenvalue weighted by Crippen LogP contribution is 2.33. The third kappa shape index (κ3) is 4.56. The Morgan fingerprint density at radius 2 is 1.94 bits per heavy atom. The van der Waals surface area contributed by atoms with E-state index in [9.17, 15) is 0 Å². The van der Waals surface area contributed by atoms with E-state index in [4.69, 9.17) is 4.74 Å². The molecule has 18 heavy (non-hydrogen) atoms. The molecule has 1 rings (SSSR count). The highest BCUT2D eigenvalue weighted by molar-refractivity contribution is 7.97. The van der Waals surface area contributed by atoms with Crippen molar-refractivity contribution >= 4 is 11.8 Å². The first kappa shape index (κ1) is 15.4. The molecule has 1 aromatic rings. The molecule has 0 atom stereocenters. The summed E-state index contributed by atoms with van der Waals surface area (Å²) < 4.78 is 5.98. The zero-order valence-corrected chi connectivity index (χ0v) is 13.2. The molecule has 0 bridgehead atoms. The van der Waals surface area contributed by atoms with Crippen LogP contribution in [0.3, 0.4) is 0 Å². The summed E-state index contributed by atoms with van der Waals surface area (Å²) in [7, 11) is 0. The summed E-state index contributed by atoms with van der Waals surface area (Å²) in [6, 6.07) is 6.67. The van der Waals surface area contributed by atoms with Gasteiger partial charge in [0, 0.05) is 5.75 Å². The van der Waals surface area contributed by atoms with Crippen LogP contribution in [0.4, 0.5) is 0 Å². The number of benzene rings is 1. The molecule has 0 spiro atoms. The summed E-state index contributed by atoms with van der Waals surface area (Å²) in [4.78, 5) is 0. The highest BCUT2D eigenvalue weighted by Gasteiger charge is 2.19. The summed E-state index contributed by atoms with van der Waals surface area (Å²) in [5.74, 6) is 2.12. The van der Waals surface area contributed by atoms with E-state index in [-0.39, 0.29) is 5.41 Å². The molecule has 0 radical (unpaired) electrons. The van der Waals surface area contributed by atoms with Crippen molar-refractivity contribution in [2.24, 2.45) is 0 Å². The van der Waals surface area contributed by atoms with Gasteiger partial charge in [0.15, 0.2) is 0 Å². The van der Waals surface area contributed by atoms with Crippen molar-refractivity contribution in [1.29, 1.82) is 0 Å². The van der Waals surface area contributed by atoms with Gasteiger partial charge < -0.3 is 4.74 Å². The van der Waals surface area contributed by atoms with Crippen molar-refractivity contribution in [2.75, 3.05) is 12.9 Å². The van der Waals surface area contributed by atoms with Crippen LogP contribution < -0.4 is 4.74 Å². The average molecular weight is 266 g/mol. The lowest BCUT2D eigenvalue weighted by molar-refractivity contribution is 0.301. The van der Waals surface area contributed by atoms with Gasteiger partial charge in [-0.05, 0) is 35.3 Å². The maximum absolute atomic E-state index is 5.98. The van der Waals surface area contributed by atoms with Gasteiger partial charge in [-0.25, -0.2) is 0 Å². The third-order valence-electron chi connectivity index (χ3n) is 2.92. The van der Waals surface area contributed by atoms with Crippen LogP contribution in [-0.2, 0) is 11.2 Å². The van der Waals surface area contributed by atoms with Gasteiger partial charge in [-0.15, -0.1) is 0 Å². The van der Waals surface area contributed by atoms with E-state index in [1.54, 1.807) is 0 Å². The first-order valence-corrected chi connectivity index (χ1v) is 8.13. The fourth-order valence-corrected chi connectivity index (χ4v) is 2.40. The second kappa shape index (κ2) is 7.08. The van der Waals surface area contributed by atoms with Crippen LogP contribution in [0.5, 0.6) is 5.75 Å². The Kier molecular flexibility index (Phi) is 6.07. The highest BCUT2D eigenvalue weighted by atomic mass is 32.2. The molecule has 0 aliphatic heterocycles. The first-order valence-electron chi connectivity index (χ1n) is 6.74. The molecule has 0 amide bonds. The lowest BCUT2D eigenvalue weighted by atomic mass is 9.86. The van der Waals surface area contributed by atoms with Crippen molar-refractivity contribution in [1.82, 2.24) is 0 Å². The Balaban J connectivity index is 2.94. The Morgan fingerprint density at radius 3 is 2.50 bits per heavy atom. The van der Waals surface area contributed by atoms with E-state index < -0.39 is 0 Å². The average Bonchev–Trinajstić information content (AvgIpc) is 2.28. The lowest BCUT2D eigenvalue weighted by Gasteiger charge is -2.23. The SMILES string of the molecule is CCCCOc1cc(CSC)ccc1C(C)(C)C. The predicted octanol–water partition coefficient (Wildman–Crippen LogP) is 5.03. The Morgan fingerprint density at radius 1 is 1.22 bits per heavy atom. The lowest BCUT2D eigenvalue weighted by Crippen LogP contribution is -2.14. The van der Waals surface area contributed by atoms with Crippen molar-refractivity contribution in [2.45, 2.75) is 51.7 Å². The summed E-state index contributed by atoms with van der Waals surface area (Å²) in [6.07, 6.45) is 4.43. The molecule has 0 heterocycles. The monoisotopic (exact) mass is 266 g/mol. The Labute approximate surface area is 116 Å². The molecule has 102 valence electrons. The molecule has 0 N–H and O–H groups in total. The fourth-order valence-electron chi connectivity index (χ4n) is 1.89. The van der Waals surface area contributed by atoms with Gasteiger partial charge in [0.05, 0.1) is 6.61 Å².